The van der Waals surface area contributed by atoms with E-state index in [0.717, 1.165) is 18.0 Å². The SMILES string of the molecule is O=C(CSc1ccccn1)NCCC1=CCCCC1. The van der Waals surface area contributed by atoms with Crippen LogP contribution in [0.4, 0.5) is 0 Å². The summed E-state index contributed by atoms with van der Waals surface area (Å²) in [5.74, 6) is 0.530. The fourth-order valence-electron chi connectivity index (χ4n) is 2.12. The number of aromatic nitrogens is 1. The van der Waals surface area contributed by atoms with Crippen molar-refractivity contribution < 1.29 is 4.79 Å². The number of allylic oxidation sites excluding steroid dienone is 1. The van der Waals surface area contributed by atoms with Crippen molar-refractivity contribution in [2.75, 3.05) is 12.3 Å². The highest BCUT2D eigenvalue weighted by atomic mass is 32.2. The zero-order valence-corrected chi connectivity index (χ0v) is 11.9. The topological polar surface area (TPSA) is 42.0 Å². The van der Waals surface area contributed by atoms with Gasteiger partial charge in [0, 0.05) is 12.7 Å². The van der Waals surface area contributed by atoms with E-state index < -0.39 is 0 Å². The van der Waals surface area contributed by atoms with Crippen molar-refractivity contribution in [1.82, 2.24) is 10.3 Å². The van der Waals surface area contributed by atoms with Crippen molar-refractivity contribution in [3.8, 4) is 0 Å². The van der Waals surface area contributed by atoms with Crippen LogP contribution in [0.1, 0.15) is 32.1 Å². The lowest BCUT2D eigenvalue weighted by Crippen LogP contribution is -2.26. The van der Waals surface area contributed by atoms with E-state index in [1.165, 1.54) is 43.0 Å². The Morgan fingerprint density at radius 3 is 3.05 bits per heavy atom. The molecule has 102 valence electrons. The molecule has 1 N–H and O–H groups in total. The Bertz CT molecular complexity index is 431. The molecule has 1 amide bonds. The van der Waals surface area contributed by atoms with Crippen LogP contribution < -0.4 is 5.32 Å². The van der Waals surface area contributed by atoms with Crippen molar-refractivity contribution in [2.45, 2.75) is 37.1 Å². The average molecular weight is 276 g/mol. The summed E-state index contributed by atoms with van der Waals surface area (Å²) in [7, 11) is 0. The minimum absolute atomic E-state index is 0.0899. The summed E-state index contributed by atoms with van der Waals surface area (Å²) in [5.41, 5.74) is 1.50. The number of hydrogen-bond acceptors (Lipinski definition) is 3. The Kier molecular flexibility index (Phi) is 5.95. The molecule has 0 saturated heterocycles. The van der Waals surface area contributed by atoms with Gasteiger partial charge in [0.25, 0.3) is 0 Å². The van der Waals surface area contributed by atoms with Crippen LogP contribution in [-0.4, -0.2) is 23.2 Å². The fourth-order valence-corrected chi connectivity index (χ4v) is 2.81. The first-order chi connectivity index (χ1) is 9.34. The normalized spacial score (nSPS) is 14.8. The average Bonchev–Trinajstić information content (AvgIpc) is 2.47. The number of nitrogens with zero attached hydrogens (tertiary/aromatic N) is 1. The van der Waals surface area contributed by atoms with Gasteiger partial charge in [-0.05, 0) is 44.2 Å². The highest BCUT2D eigenvalue weighted by molar-refractivity contribution is 7.99. The van der Waals surface area contributed by atoms with E-state index in [-0.39, 0.29) is 5.91 Å². The molecule has 0 aliphatic heterocycles. The van der Waals surface area contributed by atoms with E-state index in [4.69, 9.17) is 0 Å². The number of pyridine rings is 1. The molecular weight excluding hydrogens is 256 g/mol. The van der Waals surface area contributed by atoms with Gasteiger partial charge in [0.1, 0.15) is 0 Å². The minimum Gasteiger partial charge on any atom is -0.355 e. The molecule has 0 fully saturated rings. The van der Waals surface area contributed by atoms with Crippen molar-refractivity contribution in [1.29, 1.82) is 0 Å². The maximum absolute atomic E-state index is 11.7. The van der Waals surface area contributed by atoms with Crippen LogP contribution in [0.2, 0.25) is 0 Å². The van der Waals surface area contributed by atoms with Crippen LogP contribution in [0.5, 0.6) is 0 Å². The first-order valence-electron chi connectivity index (χ1n) is 6.83. The molecule has 0 bridgehead atoms. The summed E-state index contributed by atoms with van der Waals surface area (Å²) >= 11 is 1.48. The zero-order valence-electron chi connectivity index (χ0n) is 11.1. The van der Waals surface area contributed by atoms with Crippen molar-refractivity contribution >= 4 is 17.7 Å². The summed E-state index contributed by atoms with van der Waals surface area (Å²) in [5, 5.41) is 3.87. The van der Waals surface area contributed by atoms with Gasteiger partial charge in [0.15, 0.2) is 0 Å². The van der Waals surface area contributed by atoms with Gasteiger partial charge in [0.05, 0.1) is 10.8 Å². The number of hydrogen-bond donors (Lipinski definition) is 1. The number of nitrogens with one attached hydrogen (secondary N) is 1. The van der Waals surface area contributed by atoms with Gasteiger partial charge in [-0.2, -0.15) is 0 Å². The summed E-state index contributed by atoms with van der Waals surface area (Å²) in [4.78, 5) is 15.9. The second-order valence-electron chi connectivity index (χ2n) is 4.66. The molecule has 2 rings (SSSR count). The molecule has 0 aromatic carbocycles. The van der Waals surface area contributed by atoms with Crippen LogP contribution in [0.25, 0.3) is 0 Å². The molecule has 0 atom stereocenters. The van der Waals surface area contributed by atoms with E-state index >= 15 is 0 Å². The first kappa shape index (κ1) is 14.1. The van der Waals surface area contributed by atoms with Crippen molar-refractivity contribution in [3.05, 3.63) is 36.0 Å². The number of carbonyl (C=O) groups is 1. The Balaban J connectivity index is 1.61. The predicted molar refractivity (Wildman–Crippen MR) is 79.1 cm³/mol. The maximum Gasteiger partial charge on any atom is 0.230 e. The van der Waals surface area contributed by atoms with Gasteiger partial charge in [-0.15, -0.1) is 0 Å². The largest absolute Gasteiger partial charge is 0.355 e. The number of rotatable bonds is 6. The van der Waals surface area contributed by atoms with Gasteiger partial charge in [-0.1, -0.05) is 29.5 Å². The molecule has 19 heavy (non-hydrogen) atoms. The highest BCUT2D eigenvalue weighted by Gasteiger charge is 2.05. The van der Waals surface area contributed by atoms with Gasteiger partial charge in [-0.3, -0.25) is 4.79 Å². The molecule has 3 nitrogen and oxygen atoms in total. The number of thioether (sulfide) groups is 1. The van der Waals surface area contributed by atoms with Gasteiger partial charge < -0.3 is 5.32 Å². The second kappa shape index (κ2) is 8.00. The molecule has 1 aromatic rings. The lowest BCUT2D eigenvalue weighted by molar-refractivity contribution is -0.118. The van der Waals surface area contributed by atoms with Gasteiger partial charge in [0.2, 0.25) is 5.91 Å². The third-order valence-electron chi connectivity index (χ3n) is 3.14. The Labute approximate surface area is 118 Å². The van der Waals surface area contributed by atoms with Crippen LogP contribution in [0.15, 0.2) is 41.1 Å². The molecule has 1 aliphatic carbocycles. The summed E-state index contributed by atoms with van der Waals surface area (Å²) < 4.78 is 0. The van der Waals surface area contributed by atoms with Crippen LogP contribution in [0.3, 0.4) is 0 Å². The fraction of sp³-hybridized carbons (Fsp3) is 0.467. The van der Waals surface area contributed by atoms with Crippen LogP contribution in [-0.2, 0) is 4.79 Å². The highest BCUT2D eigenvalue weighted by Crippen LogP contribution is 2.19. The molecule has 0 saturated carbocycles. The summed E-state index contributed by atoms with van der Waals surface area (Å²) in [6.07, 6.45) is 10.1. The predicted octanol–water partition coefficient (Wildman–Crippen LogP) is 3.18. The zero-order chi connectivity index (χ0) is 13.3. The molecular formula is C15H20N2OS. The smallest absolute Gasteiger partial charge is 0.230 e. The Morgan fingerprint density at radius 1 is 1.37 bits per heavy atom. The Hall–Kier alpha value is -1.29. The minimum atomic E-state index is 0.0899. The van der Waals surface area contributed by atoms with Gasteiger partial charge in [-0.25, -0.2) is 4.98 Å². The molecule has 0 unspecified atom stereocenters. The monoisotopic (exact) mass is 276 g/mol. The lowest BCUT2D eigenvalue weighted by Gasteiger charge is -2.12. The molecule has 0 radical (unpaired) electrons. The van der Waals surface area contributed by atoms with Crippen molar-refractivity contribution in [2.24, 2.45) is 0 Å². The van der Waals surface area contributed by atoms with Gasteiger partial charge >= 0.3 is 0 Å². The first-order valence-corrected chi connectivity index (χ1v) is 7.81. The molecule has 1 heterocycles. The molecule has 1 aromatic heterocycles. The van der Waals surface area contributed by atoms with E-state index in [1.54, 1.807) is 6.20 Å². The summed E-state index contributed by atoms with van der Waals surface area (Å²) in [6, 6.07) is 5.73. The van der Waals surface area contributed by atoms with Crippen LogP contribution >= 0.6 is 11.8 Å². The van der Waals surface area contributed by atoms with E-state index in [9.17, 15) is 4.79 Å². The molecule has 0 spiro atoms. The number of carbonyl (C=O) groups excluding carboxylic acids is 1. The van der Waals surface area contributed by atoms with E-state index in [2.05, 4.69) is 16.4 Å². The maximum atomic E-state index is 11.7. The quantitative estimate of drug-likeness (QED) is 0.641. The van der Waals surface area contributed by atoms with E-state index in [0.29, 0.717) is 5.75 Å². The molecule has 1 aliphatic rings. The third kappa shape index (κ3) is 5.47. The van der Waals surface area contributed by atoms with Crippen molar-refractivity contribution in [3.63, 3.8) is 0 Å². The summed E-state index contributed by atoms with van der Waals surface area (Å²) in [6.45, 7) is 0.757. The second-order valence-corrected chi connectivity index (χ2v) is 5.66. The third-order valence-corrected chi connectivity index (χ3v) is 4.09. The number of amides is 1. The Morgan fingerprint density at radius 2 is 2.32 bits per heavy atom. The standard InChI is InChI=1S/C15H20N2OS/c18-14(12-19-15-8-4-5-10-17-15)16-11-9-13-6-2-1-3-7-13/h4-6,8,10H,1-3,7,9,11-12H2,(H,16,18). The lowest BCUT2D eigenvalue weighted by atomic mass is 9.97. The van der Waals surface area contributed by atoms with Crippen LogP contribution in [0, 0.1) is 0 Å². The molecule has 4 heteroatoms. The van der Waals surface area contributed by atoms with E-state index in [1.807, 2.05) is 18.2 Å².